The number of carbonyl (C=O) groups is 2. The third-order valence-electron chi connectivity index (χ3n) is 3.79. The highest BCUT2D eigenvalue weighted by Gasteiger charge is 2.16. The van der Waals surface area contributed by atoms with Gasteiger partial charge in [-0.2, -0.15) is 0 Å². The molecule has 0 unspecified atom stereocenters. The van der Waals surface area contributed by atoms with E-state index in [2.05, 4.69) is 12.2 Å². The van der Waals surface area contributed by atoms with E-state index in [0.717, 1.165) is 17.9 Å². The molecule has 2 aromatic rings. The molecule has 5 nitrogen and oxygen atoms in total. The normalized spacial score (nSPS) is 10.2. The zero-order chi connectivity index (χ0) is 18.2. The van der Waals surface area contributed by atoms with Crippen molar-refractivity contribution in [1.29, 1.82) is 0 Å². The number of anilines is 2. The molecule has 2 aromatic carbocycles. The monoisotopic (exact) mass is 340 g/mol. The molecule has 0 saturated carbocycles. The van der Waals surface area contributed by atoms with Gasteiger partial charge in [-0.15, -0.1) is 0 Å². The molecule has 0 aliphatic carbocycles. The Balaban J connectivity index is 2.04. The summed E-state index contributed by atoms with van der Waals surface area (Å²) in [4.78, 5) is 25.7. The first kappa shape index (κ1) is 18.5. The third kappa shape index (κ3) is 5.35. The quantitative estimate of drug-likeness (QED) is 0.837. The smallest absolute Gasteiger partial charge is 0.244 e. The summed E-state index contributed by atoms with van der Waals surface area (Å²) in [6.45, 7) is 5.97. The summed E-state index contributed by atoms with van der Waals surface area (Å²) in [5.41, 5.74) is 2.59. The number of hydrogen-bond donors (Lipinski definition) is 1. The van der Waals surface area contributed by atoms with Crippen molar-refractivity contribution in [2.24, 2.45) is 0 Å². The minimum Gasteiger partial charge on any atom is -0.494 e. The summed E-state index contributed by atoms with van der Waals surface area (Å²) in [6.07, 6.45) is 0.948. The van der Waals surface area contributed by atoms with Gasteiger partial charge in [0.2, 0.25) is 11.8 Å². The van der Waals surface area contributed by atoms with E-state index in [4.69, 9.17) is 4.74 Å². The van der Waals surface area contributed by atoms with Crippen molar-refractivity contribution in [2.45, 2.75) is 27.2 Å². The van der Waals surface area contributed by atoms with Crippen LogP contribution in [0, 0.1) is 0 Å². The molecule has 2 amide bonds. The lowest BCUT2D eigenvalue weighted by Crippen LogP contribution is -2.36. The van der Waals surface area contributed by atoms with E-state index in [0.29, 0.717) is 12.3 Å². The minimum absolute atomic E-state index is 0.0428. The summed E-state index contributed by atoms with van der Waals surface area (Å²) < 4.78 is 5.40. The van der Waals surface area contributed by atoms with Gasteiger partial charge >= 0.3 is 0 Å². The Morgan fingerprint density at radius 2 is 1.64 bits per heavy atom. The van der Waals surface area contributed by atoms with Crippen LogP contribution in [0.3, 0.4) is 0 Å². The second-order valence-corrected chi connectivity index (χ2v) is 5.63. The van der Waals surface area contributed by atoms with Gasteiger partial charge in [-0.05, 0) is 55.3 Å². The van der Waals surface area contributed by atoms with Crippen molar-refractivity contribution < 1.29 is 14.3 Å². The number of hydrogen-bond acceptors (Lipinski definition) is 3. The molecule has 0 spiro atoms. The van der Waals surface area contributed by atoms with E-state index in [1.165, 1.54) is 17.4 Å². The van der Waals surface area contributed by atoms with Gasteiger partial charge in [0, 0.05) is 18.3 Å². The summed E-state index contributed by atoms with van der Waals surface area (Å²) in [6, 6.07) is 14.8. The van der Waals surface area contributed by atoms with Gasteiger partial charge in [0.15, 0.2) is 0 Å². The highest BCUT2D eigenvalue weighted by Crippen LogP contribution is 2.20. The molecule has 0 aliphatic rings. The van der Waals surface area contributed by atoms with E-state index in [1.807, 2.05) is 31.2 Å². The third-order valence-corrected chi connectivity index (χ3v) is 3.79. The Bertz CT molecular complexity index is 709. The molecule has 0 fully saturated rings. The summed E-state index contributed by atoms with van der Waals surface area (Å²) in [5, 5.41) is 2.82. The van der Waals surface area contributed by atoms with Crippen LogP contribution in [0.2, 0.25) is 0 Å². The molecule has 1 N–H and O–H groups in total. The average Bonchev–Trinajstić information content (AvgIpc) is 2.61. The molecular formula is C20H24N2O3. The Morgan fingerprint density at radius 1 is 1.00 bits per heavy atom. The lowest BCUT2D eigenvalue weighted by Gasteiger charge is -2.21. The predicted molar refractivity (Wildman–Crippen MR) is 100 cm³/mol. The molecule has 0 radical (unpaired) electrons. The molecule has 25 heavy (non-hydrogen) atoms. The number of rotatable bonds is 7. The summed E-state index contributed by atoms with van der Waals surface area (Å²) >= 11 is 0. The Morgan fingerprint density at radius 3 is 2.16 bits per heavy atom. The zero-order valence-corrected chi connectivity index (χ0v) is 14.9. The molecule has 0 saturated heterocycles. The number of nitrogens with one attached hydrogen (secondary N) is 1. The highest BCUT2D eigenvalue weighted by molar-refractivity contribution is 6.01. The Hall–Kier alpha value is -2.82. The molecule has 0 aliphatic heterocycles. The number of benzene rings is 2. The minimum atomic E-state index is -0.242. The average molecular weight is 340 g/mol. The molecule has 0 atom stereocenters. The van der Waals surface area contributed by atoms with Crippen LogP contribution >= 0.6 is 0 Å². The second-order valence-electron chi connectivity index (χ2n) is 5.63. The molecule has 132 valence electrons. The van der Waals surface area contributed by atoms with Crippen molar-refractivity contribution in [3.8, 4) is 5.75 Å². The fourth-order valence-corrected chi connectivity index (χ4v) is 2.44. The molecule has 2 rings (SSSR count). The van der Waals surface area contributed by atoms with Gasteiger partial charge in [-0.25, -0.2) is 0 Å². The fraction of sp³-hybridized carbons (Fsp3) is 0.300. The lowest BCUT2D eigenvalue weighted by molar-refractivity contribution is -0.120. The first-order valence-corrected chi connectivity index (χ1v) is 8.43. The van der Waals surface area contributed by atoms with Crippen LogP contribution < -0.4 is 15.0 Å². The van der Waals surface area contributed by atoms with Crippen molar-refractivity contribution in [1.82, 2.24) is 0 Å². The van der Waals surface area contributed by atoms with Crippen molar-refractivity contribution in [2.75, 3.05) is 23.4 Å². The van der Waals surface area contributed by atoms with Crippen LogP contribution in [0.15, 0.2) is 48.5 Å². The van der Waals surface area contributed by atoms with Gasteiger partial charge in [0.25, 0.3) is 0 Å². The maximum atomic E-state index is 12.3. The van der Waals surface area contributed by atoms with Crippen LogP contribution in [-0.2, 0) is 16.0 Å². The maximum absolute atomic E-state index is 12.3. The first-order chi connectivity index (χ1) is 12.0. The molecule has 0 bridgehead atoms. The van der Waals surface area contributed by atoms with Crippen LogP contribution in [0.1, 0.15) is 26.3 Å². The number of carbonyl (C=O) groups excluding carboxylic acids is 2. The fourth-order valence-electron chi connectivity index (χ4n) is 2.44. The van der Waals surface area contributed by atoms with Crippen molar-refractivity contribution >= 4 is 23.2 Å². The van der Waals surface area contributed by atoms with Crippen LogP contribution in [0.5, 0.6) is 5.75 Å². The maximum Gasteiger partial charge on any atom is 0.244 e. The first-order valence-electron chi connectivity index (χ1n) is 8.43. The largest absolute Gasteiger partial charge is 0.494 e. The predicted octanol–water partition coefficient (Wildman–Crippen LogP) is 3.64. The number of amides is 2. The van der Waals surface area contributed by atoms with Gasteiger partial charge in [-0.3, -0.25) is 9.59 Å². The van der Waals surface area contributed by atoms with Crippen molar-refractivity contribution in [3.05, 3.63) is 54.1 Å². The van der Waals surface area contributed by atoms with Gasteiger partial charge in [0.1, 0.15) is 12.3 Å². The standard InChI is InChI=1S/C20H24N2O3/c1-4-16-6-8-17(9-7-16)21-20(24)14-22(15(3)23)18-10-12-19(13-11-18)25-5-2/h6-13H,4-5,14H2,1-3H3,(H,21,24). The zero-order valence-electron chi connectivity index (χ0n) is 14.9. The van der Waals surface area contributed by atoms with E-state index in [-0.39, 0.29) is 18.4 Å². The molecule has 0 aromatic heterocycles. The Labute approximate surface area is 148 Å². The summed E-state index contributed by atoms with van der Waals surface area (Å²) in [7, 11) is 0. The van der Waals surface area contributed by atoms with E-state index in [1.54, 1.807) is 24.3 Å². The number of aryl methyl sites for hydroxylation is 1. The van der Waals surface area contributed by atoms with Crippen LogP contribution in [-0.4, -0.2) is 25.0 Å². The SMILES string of the molecule is CCOc1ccc(N(CC(=O)Nc2ccc(CC)cc2)C(C)=O)cc1. The number of nitrogens with zero attached hydrogens (tertiary/aromatic N) is 1. The van der Waals surface area contributed by atoms with Crippen LogP contribution in [0.4, 0.5) is 11.4 Å². The molecular weight excluding hydrogens is 316 g/mol. The Kier molecular flexibility index (Phi) is 6.57. The van der Waals surface area contributed by atoms with Gasteiger partial charge in [0.05, 0.1) is 6.61 Å². The van der Waals surface area contributed by atoms with Gasteiger partial charge in [-0.1, -0.05) is 19.1 Å². The topological polar surface area (TPSA) is 58.6 Å². The summed E-state index contributed by atoms with van der Waals surface area (Å²) in [5.74, 6) is 0.296. The van der Waals surface area contributed by atoms with Gasteiger partial charge < -0.3 is 15.0 Å². The highest BCUT2D eigenvalue weighted by atomic mass is 16.5. The molecule has 0 heterocycles. The van der Waals surface area contributed by atoms with Crippen LogP contribution in [0.25, 0.3) is 0 Å². The second kappa shape index (κ2) is 8.87. The molecule has 5 heteroatoms. The van der Waals surface area contributed by atoms with E-state index >= 15 is 0 Å². The van der Waals surface area contributed by atoms with E-state index in [9.17, 15) is 9.59 Å². The van der Waals surface area contributed by atoms with E-state index < -0.39 is 0 Å². The van der Waals surface area contributed by atoms with Crippen molar-refractivity contribution in [3.63, 3.8) is 0 Å². The number of ether oxygens (including phenoxy) is 1. The lowest BCUT2D eigenvalue weighted by atomic mass is 10.1.